The predicted octanol–water partition coefficient (Wildman–Crippen LogP) is 4.99. The Kier molecular flexibility index (Phi) is 6.75. The van der Waals surface area contributed by atoms with Crippen LogP contribution in [0, 0.1) is 0 Å². The van der Waals surface area contributed by atoms with Gasteiger partial charge in [0.1, 0.15) is 0 Å². The lowest BCUT2D eigenvalue weighted by atomic mass is 9.96. The number of hydrogen-bond acceptors (Lipinski definition) is 2. The van der Waals surface area contributed by atoms with E-state index in [2.05, 4.69) is 49.7 Å². The first kappa shape index (κ1) is 20.9. The molecule has 4 aliphatic carbocycles. The molecule has 2 atom stereocenters. The molecule has 0 N–H and O–H groups in total. The molecule has 2 nitrogen and oxygen atoms in total. The predicted molar refractivity (Wildman–Crippen MR) is 121 cm³/mol. The molecular formula is C23H32O2P2. The number of methoxy groups -OCH3 is 2. The number of benzene rings is 2. The first-order valence-corrected chi connectivity index (χ1v) is 13.5. The fourth-order valence-corrected chi connectivity index (χ4v) is 11.5. The number of aryl methyl sites for hydroxylation is 4. The van der Waals surface area contributed by atoms with Gasteiger partial charge < -0.3 is 9.47 Å². The van der Waals surface area contributed by atoms with Gasteiger partial charge in [-0.1, -0.05) is 50.2 Å². The van der Waals surface area contributed by atoms with E-state index in [1.807, 2.05) is 28.1 Å². The molecule has 5 aliphatic rings. The summed E-state index contributed by atoms with van der Waals surface area (Å²) in [6.45, 7) is 8.69. The molecule has 2 aromatic rings. The molecule has 0 fully saturated rings. The summed E-state index contributed by atoms with van der Waals surface area (Å²) < 4.78 is 12.1. The lowest BCUT2D eigenvalue weighted by molar-refractivity contribution is -0.0709. The van der Waals surface area contributed by atoms with E-state index in [1.165, 1.54) is 22.3 Å². The molecule has 27 heavy (non-hydrogen) atoms. The van der Waals surface area contributed by atoms with Gasteiger partial charge in [-0.05, 0) is 87.7 Å². The monoisotopic (exact) mass is 402 g/mol. The first-order chi connectivity index (χ1) is 13.1. The Morgan fingerprint density at radius 1 is 0.667 bits per heavy atom. The second-order valence-corrected chi connectivity index (χ2v) is 11.6. The molecule has 0 saturated carbocycles. The largest absolute Gasteiger partial charge is 0.346 e. The SMILES string of the molecule is CC.COC1(OC)P(C)c2c3ccc(c2P1C)CCc1ccc(cc1)CC3. The minimum absolute atomic E-state index is 0.423. The average Bonchev–Trinajstić information content (AvgIpc) is 2.93. The molecule has 2 unspecified atom stereocenters. The molecule has 7 rings (SSSR count). The van der Waals surface area contributed by atoms with E-state index < -0.39 is 21.1 Å². The van der Waals surface area contributed by atoms with Crippen molar-refractivity contribution in [2.45, 2.75) is 44.8 Å². The molecule has 4 heteroatoms. The summed E-state index contributed by atoms with van der Waals surface area (Å²) in [4.78, 5) is 0. The summed E-state index contributed by atoms with van der Waals surface area (Å²) in [5, 5.41) is 2.72. The van der Waals surface area contributed by atoms with Crippen molar-refractivity contribution in [1.29, 1.82) is 0 Å². The Bertz CT molecular complexity index is 720. The van der Waals surface area contributed by atoms with E-state index in [9.17, 15) is 0 Å². The van der Waals surface area contributed by atoms with E-state index in [-0.39, 0.29) is 0 Å². The van der Waals surface area contributed by atoms with Crippen molar-refractivity contribution in [3.63, 3.8) is 0 Å². The van der Waals surface area contributed by atoms with Crippen LogP contribution in [0.2, 0.25) is 0 Å². The zero-order valence-electron chi connectivity index (χ0n) is 17.5. The standard InChI is InChI=1S/C21H26O2P2.C2H6/c1-22-21(23-2)24(3)19-17-11-9-15-5-7-16(8-6-15)10-12-18(14-13-17)20(19)25(21)4;1-2/h5-8,13-14H,9-12H2,1-4H3;1-2H3. The van der Waals surface area contributed by atoms with Crippen LogP contribution in [0.25, 0.3) is 0 Å². The van der Waals surface area contributed by atoms with E-state index in [1.54, 1.807) is 10.6 Å². The quantitative estimate of drug-likeness (QED) is 0.521. The van der Waals surface area contributed by atoms with Crippen molar-refractivity contribution in [2.75, 3.05) is 27.5 Å². The van der Waals surface area contributed by atoms with E-state index in [0.29, 0.717) is 0 Å². The van der Waals surface area contributed by atoms with Gasteiger partial charge in [-0.25, -0.2) is 0 Å². The molecule has 2 aromatic carbocycles. The van der Waals surface area contributed by atoms with Crippen LogP contribution < -0.4 is 10.6 Å². The minimum Gasteiger partial charge on any atom is -0.346 e. The number of ether oxygens (including phenoxy) is 2. The second kappa shape index (κ2) is 8.71. The minimum atomic E-state index is -0.494. The molecule has 0 radical (unpaired) electrons. The van der Waals surface area contributed by atoms with Crippen molar-refractivity contribution < 1.29 is 9.47 Å². The second-order valence-electron chi connectivity index (χ2n) is 6.97. The lowest BCUT2D eigenvalue weighted by Gasteiger charge is -2.35. The van der Waals surface area contributed by atoms with E-state index in [4.69, 9.17) is 9.47 Å². The van der Waals surface area contributed by atoms with Crippen LogP contribution in [0.1, 0.15) is 36.1 Å². The summed E-state index contributed by atoms with van der Waals surface area (Å²) in [5.74, 6) is 0. The topological polar surface area (TPSA) is 18.5 Å². The van der Waals surface area contributed by atoms with Gasteiger partial charge in [-0.15, -0.1) is 0 Å². The number of hydrogen-bond donors (Lipinski definition) is 0. The molecule has 1 aliphatic heterocycles. The maximum Gasteiger partial charge on any atom is 0.212 e. The van der Waals surface area contributed by atoms with Crippen LogP contribution >= 0.6 is 15.8 Å². The number of rotatable bonds is 2. The van der Waals surface area contributed by atoms with Crippen molar-refractivity contribution in [2.24, 2.45) is 0 Å². The highest BCUT2D eigenvalue weighted by atomic mass is 31.2. The van der Waals surface area contributed by atoms with Crippen molar-refractivity contribution in [1.82, 2.24) is 0 Å². The summed E-state index contributed by atoms with van der Waals surface area (Å²) >= 11 is 0. The Morgan fingerprint density at radius 2 is 1.04 bits per heavy atom. The van der Waals surface area contributed by atoms with Crippen molar-refractivity contribution >= 4 is 26.5 Å². The summed E-state index contributed by atoms with van der Waals surface area (Å²) in [5.41, 5.74) is 5.87. The smallest absolute Gasteiger partial charge is 0.212 e. The third-order valence-corrected chi connectivity index (χ3v) is 12.5. The van der Waals surface area contributed by atoms with Crippen molar-refractivity contribution in [3.05, 3.63) is 58.7 Å². The van der Waals surface area contributed by atoms with Gasteiger partial charge in [-0.2, -0.15) is 0 Å². The molecular weight excluding hydrogens is 370 g/mol. The van der Waals surface area contributed by atoms with Gasteiger partial charge in [-0.3, -0.25) is 0 Å². The normalized spacial score (nSPS) is 22.4. The van der Waals surface area contributed by atoms with Gasteiger partial charge in [0.15, 0.2) is 0 Å². The zero-order chi connectivity index (χ0) is 19.6. The fourth-order valence-electron chi connectivity index (χ4n) is 4.38. The van der Waals surface area contributed by atoms with Gasteiger partial charge in [0, 0.05) is 14.2 Å². The molecule has 0 saturated heterocycles. The average molecular weight is 402 g/mol. The molecule has 1 heterocycles. The Balaban J connectivity index is 0.00000102. The maximum absolute atomic E-state index is 6.04. The van der Waals surface area contributed by atoms with Crippen LogP contribution in [0.4, 0.5) is 0 Å². The molecule has 4 bridgehead atoms. The van der Waals surface area contributed by atoms with Gasteiger partial charge in [0.25, 0.3) is 0 Å². The van der Waals surface area contributed by atoms with Crippen LogP contribution in [0.15, 0.2) is 36.4 Å². The van der Waals surface area contributed by atoms with Crippen LogP contribution in [-0.2, 0) is 35.2 Å². The van der Waals surface area contributed by atoms with Gasteiger partial charge >= 0.3 is 0 Å². The highest BCUT2D eigenvalue weighted by molar-refractivity contribution is 7.88. The van der Waals surface area contributed by atoms with Gasteiger partial charge in [0.2, 0.25) is 5.27 Å². The summed E-state index contributed by atoms with van der Waals surface area (Å²) in [6, 6.07) is 14.0. The highest BCUT2D eigenvalue weighted by Crippen LogP contribution is 2.69. The first-order valence-electron chi connectivity index (χ1n) is 9.91. The summed E-state index contributed by atoms with van der Waals surface area (Å²) in [7, 11) is 2.65. The molecule has 0 spiro atoms. The molecule has 0 aromatic heterocycles. The molecule has 0 amide bonds. The van der Waals surface area contributed by atoms with Crippen LogP contribution in [-0.4, -0.2) is 32.8 Å². The van der Waals surface area contributed by atoms with Gasteiger partial charge in [0.05, 0.1) is 0 Å². The highest BCUT2D eigenvalue weighted by Gasteiger charge is 2.52. The van der Waals surface area contributed by atoms with Crippen molar-refractivity contribution in [3.8, 4) is 0 Å². The third kappa shape index (κ3) is 3.51. The summed E-state index contributed by atoms with van der Waals surface area (Å²) in [6.07, 6.45) is 4.40. The lowest BCUT2D eigenvalue weighted by Crippen LogP contribution is -2.28. The zero-order valence-corrected chi connectivity index (χ0v) is 19.3. The fraction of sp³-hybridized carbons (Fsp3) is 0.478. The van der Waals surface area contributed by atoms with Crippen LogP contribution in [0.3, 0.4) is 0 Å². The maximum atomic E-state index is 6.04. The Hall–Kier alpha value is -0.780. The van der Waals surface area contributed by atoms with Crippen LogP contribution in [0.5, 0.6) is 0 Å². The Labute approximate surface area is 167 Å². The Morgan fingerprint density at radius 3 is 1.37 bits per heavy atom. The molecule has 146 valence electrons. The van der Waals surface area contributed by atoms with E-state index >= 15 is 0 Å². The van der Waals surface area contributed by atoms with E-state index in [0.717, 1.165) is 25.7 Å². The third-order valence-electron chi connectivity index (χ3n) is 5.76.